The van der Waals surface area contributed by atoms with Gasteiger partial charge < -0.3 is 19.1 Å². The van der Waals surface area contributed by atoms with Crippen LogP contribution in [0.3, 0.4) is 0 Å². The number of rotatable bonds is 6. The first-order valence-electron chi connectivity index (χ1n) is 15.0. The minimum atomic E-state index is -0.691. The van der Waals surface area contributed by atoms with Gasteiger partial charge in [-0.25, -0.2) is 4.79 Å². The van der Waals surface area contributed by atoms with E-state index in [-0.39, 0.29) is 53.7 Å². The molecule has 39 heavy (non-hydrogen) atoms. The molecule has 218 valence electrons. The number of methoxy groups -OCH3 is 1. The number of nitrogens with one attached hydrogen (secondary N) is 1. The van der Waals surface area contributed by atoms with Crippen molar-refractivity contribution in [3.63, 3.8) is 0 Å². The highest BCUT2D eigenvalue weighted by atomic mass is 16.7. The zero-order valence-corrected chi connectivity index (χ0v) is 24.7. The third kappa shape index (κ3) is 4.58. The number of ether oxygens (including phenoxy) is 3. The number of allylic oxidation sites excluding steroid dienone is 1. The molecule has 3 unspecified atom stereocenters. The van der Waals surface area contributed by atoms with Crippen molar-refractivity contribution in [1.82, 2.24) is 10.2 Å². The molecule has 0 aromatic rings. The average Bonchev–Trinajstić information content (AvgIpc) is 3.61. The number of piperidine rings is 1. The Hall–Kier alpha value is -1.77. The lowest BCUT2D eigenvalue weighted by molar-refractivity contribution is -0.214. The van der Waals surface area contributed by atoms with Crippen LogP contribution in [0.2, 0.25) is 0 Å². The minimum Gasteiger partial charge on any atom is -0.445 e. The number of carbonyl (C=O) groups excluding carboxylic acids is 3. The van der Waals surface area contributed by atoms with Gasteiger partial charge in [-0.2, -0.15) is 0 Å². The van der Waals surface area contributed by atoms with Crippen LogP contribution < -0.4 is 5.32 Å². The summed E-state index contributed by atoms with van der Waals surface area (Å²) in [5, 5.41) is 2.60. The lowest BCUT2D eigenvalue weighted by Crippen LogP contribution is -2.63. The molecule has 0 aromatic heterocycles. The van der Waals surface area contributed by atoms with Gasteiger partial charge >= 0.3 is 6.09 Å². The fourth-order valence-corrected chi connectivity index (χ4v) is 9.73. The lowest BCUT2D eigenvalue weighted by atomic mass is 9.44. The number of alkyl carbamates (subject to hydrolysis) is 1. The predicted molar refractivity (Wildman–Crippen MR) is 147 cm³/mol. The van der Waals surface area contributed by atoms with E-state index in [0.717, 1.165) is 38.8 Å². The molecule has 0 aromatic carbocycles. The maximum absolute atomic E-state index is 13.7. The van der Waals surface area contributed by atoms with E-state index in [9.17, 15) is 14.4 Å². The lowest BCUT2D eigenvalue weighted by Gasteiger charge is -2.62. The first kappa shape index (κ1) is 28.7. The Balaban J connectivity index is 1.50. The van der Waals surface area contributed by atoms with Gasteiger partial charge in [0, 0.05) is 43.4 Å². The number of ketones is 1. The zero-order valence-electron chi connectivity index (χ0n) is 24.7. The predicted octanol–water partition coefficient (Wildman–Crippen LogP) is 4.57. The number of nitrogens with zero attached hydrogens (tertiary/aromatic N) is 1. The molecule has 8 nitrogen and oxygen atoms in total. The summed E-state index contributed by atoms with van der Waals surface area (Å²) in [5.41, 5.74) is -1.25. The van der Waals surface area contributed by atoms with Gasteiger partial charge in [0.15, 0.2) is 0 Å². The molecule has 5 rings (SSSR count). The van der Waals surface area contributed by atoms with Crippen LogP contribution in [-0.2, 0) is 23.8 Å². The fourth-order valence-electron chi connectivity index (χ4n) is 9.73. The van der Waals surface area contributed by atoms with Gasteiger partial charge in [0.05, 0.1) is 12.0 Å². The fraction of sp³-hybridized carbons (Fsp3) is 0.839. The zero-order chi connectivity index (χ0) is 28.2. The number of fused-ring (bicyclic) bond motifs is 2. The van der Waals surface area contributed by atoms with E-state index in [1.54, 1.807) is 7.11 Å². The number of carbonyl (C=O) groups is 3. The van der Waals surface area contributed by atoms with Crippen molar-refractivity contribution in [2.75, 3.05) is 33.5 Å². The summed E-state index contributed by atoms with van der Waals surface area (Å²) >= 11 is 0. The standard InChI is InChI=1S/C31H48N2O6/c1-7-11-29(4)15-24(39-28(36)32-27(35)22-17-33-14-10-21(22)16-33)30(5)19(2)8-12-31(13-9-23(34)25(30)31)20(3)26(29)38-18-37-6/h7,11,19-22,24-26H,8-10,12-18H2,1-6H3,(H,32,35,36)/b11-7+/t19-,20+,21-,22+,24-,25?,26+,29-,30+,31?/m1/s1. The van der Waals surface area contributed by atoms with E-state index in [4.69, 9.17) is 14.2 Å². The molecule has 2 heterocycles. The van der Waals surface area contributed by atoms with Gasteiger partial charge in [-0.15, -0.1) is 0 Å². The van der Waals surface area contributed by atoms with Gasteiger partial charge in [0.2, 0.25) is 5.91 Å². The second-order valence-electron chi connectivity index (χ2n) is 13.7. The summed E-state index contributed by atoms with van der Waals surface area (Å²) in [6, 6.07) is 0. The molecule has 3 saturated carbocycles. The summed E-state index contributed by atoms with van der Waals surface area (Å²) in [4.78, 5) is 42.6. The van der Waals surface area contributed by atoms with E-state index in [2.05, 4.69) is 44.0 Å². The Bertz CT molecular complexity index is 1020. The summed E-state index contributed by atoms with van der Waals surface area (Å²) < 4.78 is 18.1. The van der Waals surface area contributed by atoms with Crippen LogP contribution in [0, 0.1) is 45.8 Å². The van der Waals surface area contributed by atoms with Crippen LogP contribution in [0.25, 0.3) is 0 Å². The Kier molecular flexibility index (Phi) is 7.79. The van der Waals surface area contributed by atoms with E-state index < -0.39 is 23.0 Å². The van der Waals surface area contributed by atoms with E-state index in [1.807, 2.05) is 13.0 Å². The molecular formula is C31H48N2O6. The van der Waals surface area contributed by atoms with Crippen LogP contribution in [0.15, 0.2) is 12.2 Å². The SMILES string of the molecule is C/C=C/[C@]1(C)C[C@@H](OC(=O)NC(=O)[C@H]2CN3CC[C@@H]2C3)[C@@]2(C)C3C(=O)CCC3(CC[C@H]2C)[C@@H](C)[C@@H]1OCOC. The summed E-state index contributed by atoms with van der Waals surface area (Å²) in [6.07, 6.45) is 7.53. The molecule has 2 amide bonds. The number of amides is 2. The third-order valence-corrected chi connectivity index (χ3v) is 11.8. The highest BCUT2D eigenvalue weighted by molar-refractivity contribution is 5.93. The molecule has 5 aliphatic rings. The first-order valence-corrected chi connectivity index (χ1v) is 15.0. The van der Waals surface area contributed by atoms with Gasteiger partial charge in [-0.1, -0.05) is 39.8 Å². The van der Waals surface area contributed by atoms with Crippen LogP contribution >= 0.6 is 0 Å². The van der Waals surface area contributed by atoms with Crippen LogP contribution in [-0.4, -0.2) is 68.4 Å². The van der Waals surface area contributed by atoms with Gasteiger partial charge in [0.25, 0.3) is 0 Å². The molecule has 0 radical (unpaired) electrons. The maximum Gasteiger partial charge on any atom is 0.414 e. The largest absolute Gasteiger partial charge is 0.445 e. The van der Waals surface area contributed by atoms with Crippen molar-refractivity contribution >= 4 is 17.8 Å². The Morgan fingerprint density at radius 3 is 2.56 bits per heavy atom. The molecule has 2 aliphatic heterocycles. The second kappa shape index (κ2) is 10.6. The Morgan fingerprint density at radius 1 is 1.15 bits per heavy atom. The highest BCUT2D eigenvalue weighted by Crippen LogP contribution is 2.68. The molecule has 8 heteroatoms. The number of hydrogen-bond donors (Lipinski definition) is 1. The van der Waals surface area contributed by atoms with Gasteiger partial charge in [-0.05, 0) is 68.7 Å². The van der Waals surface area contributed by atoms with E-state index in [1.165, 1.54) is 0 Å². The quantitative estimate of drug-likeness (QED) is 0.387. The average molecular weight is 545 g/mol. The smallest absolute Gasteiger partial charge is 0.414 e. The van der Waals surface area contributed by atoms with Gasteiger partial charge in [0.1, 0.15) is 18.7 Å². The van der Waals surface area contributed by atoms with Crippen molar-refractivity contribution in [2.24, 2.45) is 45.8 Å². The summed E-state index contributed by atoms with van der Waals surface area (Å²) in [6.45, 7) is 13.6. The molecule has 2 saturated heterocycles. The molecule has 5 fully saturated rings. The van der Waals surface area contributed by atoms with Crippen molar-refractivity contribution in [3.05, 3.63) is 12.2 Å². The molecule has 11 atom stereocenters. The van der Waals surface area contributed by atoms with Gasteiger partial charge in [-0.3, -0.25) is 14.9 Å². The van der Waals surface area contributed by atoms with E-state index in [0.29, 0.717) is 25.3 Å². The highest BCUT2D eigenvalue weighted by Gasteiger charge is 2.68. The normalized spacial score (nSPS) is 47.1. The monoisotopic (exact) mass is 544 g/mol. The van der Waals surface area contributed by atoms with Crippen molar-refractivity contribution in [3.8, 4) is 0 Å². The summed E-state index contributed by atoms with van der Waals surface area (Å²) in [7, 11) is 1.63. The topological polar surface area (TPSA) is 94.2 Å². The summed E-state index contributed by atoms with van der Waals surface area (Å²) in [5.74, 6) is 0.251. The molecule has 4 bridgehead atoms. The third-order valence-electron chi connectivity index (χ3n) is 11.8. The van der Waals surface area contributed by atoms with E-state index >= 15 is 0 Å². The van der Waals surface area contributed by atoms with Crippen molar-refractivity contribution in [1.29, 1.82) is 0 Å². The number of imide groups is 1. The maximum atomic E-state index is 13.7. The first-order chi connectivity index (χ1) is 18.5. The Morgan fingerprint density at radius 2 is 1.92 bits per heavy atom. The Labute approximate surface area is 233 Å². The molecule has 1 N–H and O–H groups in total. The van der Waals surface area contributed by atoms with Crippen LogP contribution in [0.5, 0.6) is 0 Å². The van der Waals surface area contributed by atoms with Crippen molar-refractivity contribution in [2.45, 2.75) is 85.4 Å². The number of Topliss-reactive ketones (excluding diaryl/α,β-unsaturated/α-hetero) is 1. The van der Waals surface area contributed by atoms with Crippen LogP contribution in [0.4, 0.5) is 4.79 Å². The van der Waals surface area contributed by atoms with Crippen LogP contribution in [0.1, 0.15) is 73.1 Å². The molecule has 0 spiro atoms. The molecular weight excluding hydrogens is 496 g/mol. The van der Waals surface area contributed by atoms with Crippen molar-refractivity contribution < 1.29 is 28.6 Å². The number of hydrogen-bond acceptors (Lipinski definition) is 7. The molecule has 3 aliphatic carbocycles. The second-order valence-corrected chi connectivity index (χ2v) is 13.7. The minimum absolute atomic E-state index is 0.112.